The van der Waals surface area contributed by atoms with Crippen LogP contribution < -0.4 is 0 Å². The van der Waals surface area contributed by atoms with Crippen LogP contribution in [-0.4, -0.2) is 35.2 Å². The lowest BCUT2D eigenvalue weighted by Crippen LogP contribution is -2.25. The highest BCUT2D eigenvalue weighted by Gasteiger charge is 2.26. The molecule has 0 aliphatic rings. The number of nitrogens with zero attached hydrogens (tertiary/aromatic N) is 2. The van der Waals surface area contributed by atoms with Gasteiger partial charge in [0.1, 0.15) is 6.10 Å². The highest BCUT2D eigenvalue weighted by atomic mass is 32.2. The van der Waals surface area contributed by atoms with Crippen LogP contribution in [0.5, 0.6) is 0 Å². The number of aliphatic hydroxyl groups excluding tert-OH is 1. The van der Waals surface area contributed by atoms with Crippen LogP contribution in [0.1, 0.15) is 24.4 Å². The number of aliphatic hydroxyl groups is 1. The van der Waals surface area contributed by atoms with Crippen molar-refractivity contribution < 1.29 is 13.5 Å². The second kappa shape index (κ2) is 4.24. The number of rotatable bonds is 3. The van der Waals surface area contributed by atoms with Gasteiger partial charge in [0, 0.05) is 6.26 Å². The Bertz CT molecular complexity index is 427. The minimum absolute atomic E-state index is 0.276. The van der Waals surface area contributed by atoms with E-state index in [0.29, 0.717) is 0 Å². The quantitative estimate of drug-likeness (QED) is 0.805. The molecule has 0 aliphatic heterocycles. The van der Waals surface area contributed by atoms with E-state index in [9.17, 15) is 13.5 Å². The van der Waals surface area contributed by atoms with E-state index in [1.165, 1.54) is 6.92 Å². The topological polar surface area (TPSA) is 80.1 Å². The highest BCUT2D eigenvalue weighted by Crippen LogP contribution is 2.18. The minimum atomic E-state index is -3.28. The molecule has 0 amide bonds. The fourth-order valence-electron chi connectivity index (χ4n) is 1.04. The van der Waals surface area contributed by atoms with Crippen LogP contribution in [-0.2, 0) is 9.84 Å². The second-order valence-corrected chi connectivity index (χ2v) is 5.98. The normalized spacial score (nSPS) is 16.0. The summed E-state index contributed by atoms with van der Waals surface area (Å²) in [6, 6.07) is 3.26. The number of aryl methyl sites for hydroxylation is 1. The molecular formula is C9H14N2O3S. The molecule has 0 aliphatic carbocycles. The molecule has 0 aromatic carbocycles. The molecule has 0 spiro atoms. The average molecular weight is 230 g/mol. The fourth-order valence-corrected chi connectivity index (χ4v) is 1.65. The van der Waals surface area contributed by atoms with Gasteiger partial charge in [-0.05, 0) is 26.0 Å². The zero-order valence-electron chi connectivity index (χ0n) is 8.88. The molecule has 0 bridgehead atoms. The Kier molecular flexibility index (Phi) is 3.41. The van der Waals surface area contributed by atoms with Crippen LogP contribution in [0.25, 0.3) is 0 Å². The van der Waals surface area contributed by atoms with Gasteiger partial charge in [-0.25, -0.2) is 8.42 Å². The summed E-state index contributed by atoms with van der Waals surface area (Å²) in [6.07, 6.45) is -0.0456. The van der Waals surface area contributed by atoms with Gasteiger partial charge in [0.05, 0.1) is 16.6 Å². The summed E-state index contributed by atoms with van der Waals surface area (Å²) in [6.45, 7) is 3.21. The molecular weight excluding hydrogens is 216 g/mol. The zero-order valence-corrected chi connectivity index (χ0v) is 9.69. The van der Waals surface area contributed by atoms with Crippen LogP contribution in [0.4, 0.5) is 0 Å². The summed E-state index contributed by atoms with van der Waals surface area (Å²) < 4.78 is 22.4. The van der Waals surface area contributed by atoms with E-state index >= 15 is 0 Å². The summed E-state index contributed by atoms with van der Waals surface area (Å²) in [7, 11) is -3.28. The van der Waals surface area contributed by atoms with Gasteiger partial charge in [-0.3, -0.25) is 0 Å². The summed E-state index contributed by atoms with van der Waals surface area (Å²) in [4.78, 5) is 0. The molecule has 0 radical (unpaired) electrons. The Morgan fingerprint density at radius 3 is 2.33 bits per heavy atom. The van der Waals surface area contributed by atoms with Gasteiger partial charge in [0.2, 0.25) is 0 Å². The van der Waals surface area contributed by atoms with Gasteiger partial charge >= 0.3 is 0 Å². The van der Waals surface area contributed by atoms with Crippen molar-refractivity contribution in [3.05, 3.63) is 23.5 Å². The van der Waals surface area contributed by atoms with Crippen LogP contribution in [0.3, 0.4) is 0 Å². The van der Waals surface area contributed by atoms with E-state index in [0.717, 1.165) is 11.9 Å². The van der Waals surface area contributed by atoms with Gasteiger partial charge in [0.15, 0.2) is 9.84 Å². The molecule has 1 rings (SSSR count). The van der Waals surface area contributed by atoms with Crippen LogP contribution in [0.15, 0.2) is 12.1 Å². The Morgan fingerprint density at radius 1 is 1.33 bits per heavy atom. The molecule has 0 saturated heterocycles. The molecule has 2 atom stereocenters. The van der Waals surface area contributed by atoms with Gasteiger partial charge in [-0.1, -0.05) is 0 Å². The molecule has 0 fully saturated rings. The molecule has 6 heteroatoms. The van der Waals surface area contributed by atoms with E-state index in [-0.39, 0.29) is 5.69 Å². The van der Waals surface area contributed by atoms with Crippen molar-refractivity contribution in [3.63, 3.8) is 0 Å². The van der Waals surface area contributed by atoms with Crippen molar-refractivity contribution in [3.8, 4) is 0 Å². The van der Waals surface area contributed by atoms with E-state index in [4.69, 9.17) is 0 Å². The lowest BCUT2D eigenvalue weighted by atomic mass is 10.2. The van der Waals surface area contributed by atoms with Crippen LogP contribution >= 0.6 is 0 Å². The first kappa shape index (κ1) is 12.1. The van der Waals surface area contributed by atoms with Crippen molar-refractivity contribution in [1.29, 1.82) is 0 Å². The predicted molar refractivity (Wildman–Crippen MR) is 56.0 cm³/mol. The van der Waals surface area contributed by atoms with Crippen molar-refractivity contribution in [2.24, 2.45) is 0 Å². The summed E-state index contributed by atoms with van der Waals surface area (Å²) in [5.41, 5.74) is 0.997. The molecule has 1 aromatic heterocycles. The minimum Gasteiger partial charge on any atom is -0.385 e. The van der Waals surface area contributed by atoms with E-state index < -0.39 is 21.2 Å². The maximum Gasteiger partial charge on any atom is 0.152 e. The summed E-state index contributed by atoms with van der Waals surface area (Å²) in [5, 5.41) is 16.4. The first-order valence-electron chi connectivity index (χ1n) is 4.49. The monoisotopic (exact) mass is 230 g/mol. The third-order valence-corrected chi connectivity index (χ3v) is 3.85. The van der Waals surface area contributed by atoms with Gasteiger partial charge in [-0.2, -0.15) is 10.2 Å². The molecule has 0 unspecified atom stereocenters. The summed E-state index contributed by atoms with van der Waals surface area (Å²) in [5.74, 6) is 0. The molecule has 1 aromatic rings. The molecule has 5 nitrogen and oxygen atoms in total. The smallest absolute Gasteiger partial charge is 0.152 e. The Labute approximate surface area is 89.1 Å². The van der Waals surface area contributed by atoms with Gasteiger partial charge < -0.3 is 5.11 Å². The lowest BCUT2D eigenvalue weighted by Gasteiger charge is -2.15. The second-order valence-electron chi connectivity index (χ2n) is 3.58. The molecule has 1 heterocycles. The summed E-state index contributed by atoms with van der Waals surface area (Å²) >= 11 is 0. The lowest BCUT2D eigenvalue weighted by molar-refractivity contribution is 0.170. The van der Waals surface area contributed by atoms with E-state index in [1.807, 2.05) is 0 Å². The average Bonchev–Trinajstić information content (AvgIpc) is 2.15. The Hall–Kier alpha value is -1.01. The molecule has 84 valence electrons. The maximum absolute atomic E-state index is 11.2. The Morgan fingerprint density at radius 2 is 1.93 bits per heavy atom. The highest BCUT2D eigenvalue weighted by molar-refractivity contribution is 7.91. The van der Waals surface area contributed by atoms with Crippen molar-refractivity contribution in [1.82, 2.24) is 10.2 Å². The predicted octanol–water partition coefficient (Wildman–Crippen LogP) is 0.252. The number of sulfone groups is 1. The van der Waals surface area contributed by atoms with Crippen molar-refractivity contribution in [2.45, 2.75) is 25.2 Å². The van der Waals surface area contributed by atoms with Crippen LogP contribution in [0.2, 0.25) is 0 Å². The number of hydrogen-bond donors (Lipinski definition) is 1. The number of aromatic nitrogens is 2. The first-order valence-corrected chi connectivity index (χ1v) is 6.45. The molecule has 0 saturated carbocycles. The van der Waals surface area contributed by atoms with Gasteiger partial charge in [-0.15, -0.1) is 0 Å². The number of hydrogen-bond acceptors (Lipinski definition) is 5. The largest absolute Gasteiger partial charge is 0.385 e. The van der Waals surface area contributed by atoms with E-state index in [1.54, 1.807) is 19.1 Å². The molecule has 15 heavy (non-hydrogen) atoms. The van der Waals surface area contributed by atoms with E-state index in [2.05, 4.69) is 10.2 Å². The van der Waals surface area contributed by atoms with Gasteiger partial charge in [0.25, 0.3) is 0 Å². The van der Waals surface area contributed by atoms with Crippen molar-refractivity contribution >= 4 is 9.84 Å². The zero-order chi connectivity index (χ0) is 11.6. The fraction of sp³-hybridized carbons (Fsp3) is 0.556. The third kappa shape index (κ3) is 2.97. The first-order chi connectivity index (χ1) is 6.82. The Balaban J connectivity index is 2.95. The van der Waals surface area contributed by atoms with Crippen LogP contribution in [0, 0.1) is 6.92 Å². The SMILES string of the molecule is Cc1ccc([C@H](O)[C@@H](C)S(C)(=O)=O)nn1. The van der Waals surface area contributed by atoms with Crippen molar-refractivity contribution in [2.75, 3.05) is 6.26 Å². The molecule has 1 N–H and O–H groups in total. The maximum atomic E-state index is 11.2. The third-order valence-electron chi connectivity index (χ3n) is 2.24. The standard InChI is InChI=1S/C9H14N2O3S/c1-6-4-5-8(11-10-6)9(12)7(2)15(3,13)14/h4-5,7,9,12H,1-3H3/t7-,9-/m1/s1.